The Kier molecular flexibility index (Phi) is 4.64. The van der Waals surface area contributed by atoms with Crippen molar-refractivity contribution in [3.05, 3.63) is 45.6 Å². The number of ether oxygens (including phenoxy) is 1. The lowest BCUT2D eigenvalue weighted by Crippen LogP contribution is -3.15. The van der Waals surface area contributed by atoms with Crippen LogP contribution in [-0.4, -0.2) is 45.0 Å². The number of aryl methyl sites for hydroxylation is 1. The summed E-state index contributed by atoms with van der Waals surface area (Å²) in [5.74, 6) is 0.813. The van der Waals surface area contributed by atoms with Crippen LogP contribution in [0, 0.1) is 6.92 Å². The first-order chi connectivity index (χ1) is 12.4. The predicted octanol–water partition coefficient (Wildman–Crippen LogP) is 2.24. The Bertz CT molecular complexity index is 931. The van der Waals surface area contributed by atoms with E-state index in [9.17, 15) is 5.11 Å². The topological polar surface area (TPSA) is 64.1 Å². The molecule has 1 aromatic carbocycles. The van der Waals surface area contributed by atoms with Crippen LogP contribution in [0.5, 0.6) is 5.88 Å². The van der Waals surface area contributed by atoms with Crippen LogP contribution >= 0.6 is 22.9 Å². The number of quaternary nitrogens is 1. The molecule has 26 heavy (non-hydrogen) atoms. The van der Waals surface area contributed by atoms with Gasteiger partial charge >= 0.3 is 0 Å². The molecule has 3 aromatic rings. The zero-order valence-electron chi connectivity index (χ0n) is 14.9. The molecule has 0 amide bonds. The number of thiazole rings is 1. The third kappa shape index (κ3) is 3.20. The summed E-state index contributed by atoms with van der Waals surface area (Å²) in [7, 11) is 0. The standard InChI is InChI=1S/C18H21ClN4O2S/c1-10-8-22(9-11(2)25-10)15(13-5-4-6-14(19)7-13)16-17(24)23-18(26-16)20-12(3)21-23/h4-7,10-11,15,24H,8-9H2,1-3H3/p+1/t10-,11-,15-/m1/s1. The number of benzene rings is 1. The molecule has 4 rings (SSSR count). The number of nitrogens with one attached hydrogen (secondary N) is 1. The van der Waals surface area contributed by atoms with Crippen molar-refractivity contribution in [1.82, 2.24) is 14.6 Å². The van der Waals surface area contributed by atoms with Gasteiger partial charge in [0.15, 0.2) is 6.04 Å². The highest BCUT2D eigenvalue weighted by atomic mass is 35.5. The van der Waals surface area contributed by atoms with Crippen molar-refractivity contribution in [3.8, 4) is 5.88 Å². The van der Waals surface area contributed by atoms with Crippen LogP contribution in [0.1, 0.15) is 36.2 Å². The van der Waals surface area contributed by atoms with Crippen molar-refractivity contribution in [2.75, 3.05) is 13.1 Å². The maximum absolute atomic E-state index is 10.9. The number of hydrogen-bond acceptors (Lipinski definition) is 5. The first-order valence-electron chi connectivity index (χ1n) is 8.73. The lowest BCUT2D eigenvalue weighted by molar-refractivity contribution is -0.939. The van der Waals surface area contributed by atoms with Gasteiger partial charge in [0.25, 0.3) is 0 Å². The van der Waals surface area contributed by atoms with E-state index in [1.165, 1.54) is 20.8 Å². The van der Waals surface area contributed by atoms with E-state index >= 15 is 0 Å². The second-order valence-corrected chi connectivity index (χ2v) is 8.40. The molecular weight excluding hydrogens is 372 g/mol. The minimum atomic E-state index is -0.0451. The van der Waals surface area contributed by atoms with E-state index in [4.69, 9.17) is 16.3 Å². The van der Waals surface area contributed by atoms with E-state index in [-0.39, 0.29) is 24.1 Å². The summed E-state index contributed by atoms with van der Waals surface area (Å²) in [6.45, 7) is 7.72. The van der Waals surface area contributed by atoms with Crippen LogP contribution in [0.2, 0.25) is 5.02 Å². The molecule has 0 aliphatic carbocycles. The highest BCUT2D eigenvalue weighted by Crippen LogP contribution is 2.35. The van der Waals surface area contributed by atoms with Crippen molar-refractivity contribution in [2.24, 2.45) is 0 Å². The highest BCUT2D eigenvalue weighted by Gasteiger charge is 2.37. The fourth-order valence-electron chi connectivity index (χ4n) is 3.84. The van der Waals surface area contributed by atoms with Crippen LogP contribution in [-0.2, 0) is 4.74 Å². The molecule has 0 bridgehead atoms. The Morgan fingerprint density at radius 2 is 2.08 bits per heavy atom. The van der Waals surface area contributed by atoms with E-state index in [1.807, 2.05) is 25.1 Å². The van der Waals surface area contributed by atoms with Crippen molar-refractivity contribution in [1.29, 1.82) is 0 Å². The molecule has 138 valence electrons. The van der Waals surface area contributed by atoms with E-state index < -0.39 is 0 Å². The number of aromatic hydroxyl groups is 1. The Hall–Kier alpha value is -1.67. The normalized spacial score (nSPS) is 24.8. The number of morpholine rings is 1. The minimum absolute atomic E-state index is 0.0451. The van der Waals surface area contributed by atoms with Crippen molar-refractivity contribution >= 4 is 27.9 Å². The summed E-state index contributed by atoms with van der Waals surface area (Å²) in [5.41, 5.74) is 1.07. The molecule has 3 atom stereocenters. The Labute approximate surface area is 161 Å². The largest absolute Gasteiger partial charge is 0.492 e. The van der Waals surface area contributed by atoms with Crippen LogP contribution in [0.15, 0.2) is 24.3 Å². The van der Waals surface area contributed by atoms with Crippen molar-refractivity contribution in [3.63, 3.8) is 0 Å². The smallest absolute Gasteiger partial charge is 0.235 e. The van der Waals surface area contributed by atoms with Gasteiger partial charge in [-0.2, -0.15) is 4.52 Å². The minimum Gasteiger partial charge on any atom is -0.492 e. The summed E-state index contributed by atoms with van der Waals surface area (Å²) in [6, 6.07) is 7.82. The van der Waals surface area contributed by atoms with Crippen LogP contribution in [0.3, 0.4) is 0 Å². The van der Waals surface area contributed by atoms with Gasteiger partial charge in [0.05, 0.1) is 0 Å². The first-order valence-corrected chi connectivity index (χ1v) is 9.92. The number of aromatic nitrogens is 3. The molecule has 1 saturated heterocycles. The van der Waals surface area contributed by atoms with E-state index in [0.29, 0.717) is 15.8 Å². The number of rotatable bonds is 3. The second kappa shape index (κ2) is 6.81. The maximum atomic E-state index is 10.9. The molecule has 0 unspecified atom stereocenters. The van der Waals surface area contributed by atoms with Crippen molar-refractivity contribution < 1.29 is 14.7 Å². The fourth-order valence-corrected chi connectivity index (χ4v) is 5.23. The average Bonchev–Trinajstić information content (AvgIpc) is 3.05. The molecule has 0 radical (unpaired) electrons. The summed E-state index contributed by atoms with van der Waals surface area (Å²) in [5, 5.41) is 15.9. The molecule has 1 fully saturated rings. The van der Waals surface area contributed by atoms with Gasteiger partial charge in [-0.3, -0.25) is 0 Å². The molecule has 0 spiro atoms. The molecule has 1 aliphatic rings. The third-order valence-corrected chi connectivity index (χ3v) is 6.04. The van der Waals surface area contributed by atoms with Crippen molar-refractivity contribution in [2.45, 2.75) is 39.0 Å². The zero-order valence-corrected chi connectivity index (χ0v) is 16.5. The number of hydrogen-bond donors (Lipinski definition) is 2. The van der Waals surface area contributed by atoms with Gasteiger partial charge in [0.1, 0.15) is 36.0 Å². The van der Waals surface area contributed by atoms with E-state index in [0.717, 1.165) is 23.5 Å². The van der Waals surface area contributed by atoms with Gasteiger partial charge in [-0.25, -0.2) is 4.98 Å². The fraction of sp³-hybridized carbons (Fsp3) is 0.444. The average molecular weight is 394 g/mol. The maximum Gasteiger partial charge on any atom is 0.235 e. The van der Waals surface area contributed by atoms with E-state index in [1.54, 1.807) is 0 Å². The first kappa shape index (κ1) is 17.7. The Balaban J connectivity index is 1.84. The van der Waals surface area contributed by atoms with Gasteiger partial charge in [0.2, 0.25) is 10.8 Å². The lowest BCUT2D eigenvalue weighted by Gasteiger charge is -2.37. The van der Waals surface area contributed by atoms with Gasteiger partial charge in [-0.05, 0) is 32.9 Å². The number of halogens is 1. The molecular formula is C18H22ClN4O2S+. The second-order valence-electron chi connectivity index (χ2n) is 6.96. The Morgan fingerprint density at radius 1 is 1.35 bits per heavy atom. The molecule has 6 nitrogen and oxygen atoms in total. The highest BCUT2D eigenvalue weighted by molar-refractivity contribution is 7.17. The number of fused-ring (bicyclic) bond motifs is 1. The molecule has 2 N–H and O–H groups in total. The van der Waals surface area contributed by atoms with E-state index in [2.05, 4.69) is 30.0 Å². The van der Waals surface area contributed by atoms with Gasteiger partial charge in [-0.15, -0.1) is 5.10 Å². The lowest BCUT2D eigenvalue weighted by atomic mass is 10.0. The summed E-state index contributed by atoms with van der Waals surface area (Å²) in [4.78, 5) is 7.32. The SMILES string of the molecule is Cc1nc2sc([C@@H](c3cccc(Cl)c3)[NH+]3C[C@@H](C)O[C@H](C)C3)c(O)n2n1. The zero-order chi connectivity index (χ0) is 18.4. The molecule has 3 heterocycles. The van der Waals surface area contributed by atoms with Crippen LogP contribution < -0.4 is 4.90 Å². The quantitative estimate of drug-likeness (QED) is 0.716. The number of nitrogens with zero attached hydrogens (tertiary/aromatic N) is 3. The molecule has 8 heteroatoms. The van der Waals surface area contributed by atoms with Gasteiger partial charge in [-0.1, -0.05) is 35.1 Å². The molecule has 0 saturated carbocycles. The molecule has 2 aromatic heterocycles. The summed E-state index contributed by atoms with van der Waals surface area (Å²) >= 11 is 7.75. The molecule has 1 aliphatic heterocycles. The summed E-state index contributed by atoms with van der Waals surface area (Å²) in [6.07, 6.45) is 0.309. The Morgan fingerprint density at radius 3 is 2.73 bits per heavy atom. The van der Waals surface area contributed by atoms with Gasteiger partial charge in [0, 0.05) is 10.6 Å². The van der Waals surface area contributed by atoms with Crippen LogP contribution in [0.4, 0.5) is 0 Å². The monoisotopic (exact) mass is 393 g/mol. The summed E-state index contributed by atoms with van der Waals surface area (Å²) < 4.78 is 7.44. The predicted molar refractivity (Wildman–Crippen MR) is 101 cm³/mol. The third-order valence-electron chi connectivity index (χ3n) is 4.72. The van der Waals surface area contributed by atoms with Gasteiger partial charge < -0.3 is 14.7 Å². The van der Waals surface area contributed by atoms with Crippen LogP contribution in [0.25, 0.3) is 4.96 Å².